The molecule has 2 aliphatic carbocycles. The van der Waals surface area contributed by atoms with E-state index < -0.39 is 11.9 Å². The van der Waals surface area contributed by atoms with Crippen molar-refractivity contribution in [2.45, 2.75) is 121 Å². The fourth-order valence-electron chi connectivity index (χ4n) is 6.52. The van der Waals surface area contributed by atoms with Crippen molar-refractivity contribution in [2.24, 2.45) is 0 Å². The number of carboxylic acid groups (broad SMARTS) is 2. The molecule has 12 heteroatoms. The summed E-state index contributed by atoms with van der Waals surface area (Å²) in [4.78, 5) is 29.8. The molecule has 4 atom stereocenters. The fraction of sp³-hybridized carbons (Fsp3) is 0.750. The minimum absolute atomic E-state index is 0.00694. The van der Waals surface area contributed by atoms with Crippen molar-refractivity contribution in [1.29, 1.82) is 0 Å². The van der Waals surface area contributed by atoms with Crippen LogP contribution in [0.15, 0.2) is 0 Å². The number of pyridine rings is 1. The number of fused-ring (bicyclic) bond motifs is 4. The maximum absolute atomic E-state index is 12.5. The van der Waals surface area contributed by atoms with Gasteiger partial charge in [-0.15, -0.1) is 0 Å². The first-order chi connectivity index (χ1) is 19.4. The van der Waals surface area contributed by atoms with E-state index in [2.05, 4.69) is 28.2 Å². The van der Waals surface area contributed by atoms with E-state index in [0.717, 1.165) is 70.9 Å². The van der Waals surface area contributed by atoms with Crippen LogP contribution in [0.1, 0.15) is 115 Å². The second-order valence-corrected chi connectivity index (χ2v) is 13.0. The van der Waals surface area contributed by atoms with Gasteiger partial charge in [-0.3, -0.25) is 4.98 Å². The van der Waals surface area contributed by atoms with Crippen LogP contribution in [-0.2, 0) is 32.6 Å². The molecule has 0 saturated heterocycles. The molecule has 2 saturated carbocycles. The molecule has 0 aromatic carbocycles. The molecule has 0 unspecified atom stereocenters. The fourth-order valence-corrected chi connectivity index (χ4v) is 6.52. The third kappa shape index (κ3) is 9.53. The van der Waals surface area contributed by atoms with E-state index in [1.54, 1.807) is 0 Å². The summed E-state index contributed by atoms with van der Waals surface area (Å²) in [5.41, 5.74) is 1.49. The summed E-state index contributed by atoms with van der Waals surface area (Å²) in [6, 6.07) is 1.12. The number of halogens is 2. The van der Waals surface area contributed by atoms with Crippen LogP contribution in [0.2, 0.25) is 0 Å². The number of hydrogen-bond acceptors (Lipinski definition) is 7. The summed E-state index contributed by atoms with van der Waals surface area (Å²) in [7, 11) is 9.59. The summed E-state index contributed by atoms with van der Waals surface area (Å²) in [5.74, 6) is -2.18. The van der Waals surface area contributed by atoms with Gasteiger partial charge in [-0.25, -0.2) is 9.59 Å². The summed E-state index contributed by atoms with van der Waals surface area (Å²) < 4.78 is 0. The topological polar surface area (TPSA) is 136 Å². The third-order valence-corrected chi connectivity index (χ3v) is 8.44. The van der Waals surface area contributed by atoms with Crippen LogP contribution in [0.25, 0.3) is 0 Å². The van der Waals surface area contributed by atoms with E-state index in [4.69, 9.17) is 25.2 Å². The Labute approximate surface area is 252 Å². The van der Waals surface area contributed by atoms with E-state index in [-0.39, 0.29) is 36.3 Å². The van der Waals surface area contributed by atoms with E-state index in [1.807, 2.05) is 0 Å². The number of rotatable bonds is 6. The average Bonchev–Trinajstić information content (AvgIpc) is 2.94. The number of unbranched alkanes of at least 4 members (excludes halogenated alkanes) is 2. The minimum atomic E-state index is -1.09. The van der Waals surface area contributed by atoms with Gasteiger partial charge in [0.25, 0.3) is 0 Å². The molecule has 2 heterocycles. The van der Waals surface area contributed by atoms with Crippen molar-refractivity contribution in [3.63, 3.8) is 0 Å². The van der Waals surface area contributed by atoms with Crippen molar-refractivity contribution < 1.29 is 32.9 Å². The van der Waals surface area contributed by atoms with Crippen molar-refractivity contribution in [3.8, 4) is 0 Å². The first-order valence-corrected chi connectivity index (χ1v) is 18.0. The third-order valence-electron chi connectivity index (χ3n) is 8.44. The zero-order valence-corrected chi connectivity index (χ0v) is 26.1. The van der Waals surface area contributed by atoms with Crippen LogP contribution in [-0.4, -0.2) is 64.4 Å². The van der Waals surface area contributed by atoms with Gasteiger partial charge in [-0.05, 0) is 44.1 Å². The number of carbonyl (C=O) groups is 2. The predicted molar refractivity (Wildman–Crippen MR) is 155 cm³/mol. The molecule has 1 aromatic rings. The van der Waals surface area contributed by atoms with Crippen LogP contribution in [0.4, 0.5) is 0 Å². The molecule has 6 N–H and O–H groups in total. The van der Waals surface area contributed by atoms with E-state index >= 15 is 0 Å². The van der Waals surface area contributed by atoms with Crippen LogP contribution in [0.5, 0.6) is 0 Å². The Kier molecular flexibility index (Phi) is 15.0. The first kappa shape index (κ1) is 33.5. The molecule has 2 fully saturated rings. The molecule has 40 heavy (non-hydrogen) atoms. The van der Waals surface area contributed by atoms with Crippen molar-refractivity contribution in [1.82, 2.24) is 26.3 Å². The number of aromatic nitrogens is 1. The van der Waals surface area contributed by atoms with Crippen LogP contribution >= 0.6 is 20.2 Å². The van der Waals surface area contributed by atoms with Crippen molar-refractivity contribution in [2.75, 3.05) is 13.1 Å². The van der Waals surface area contributed by atoms with E-state index in [9.17, 15) is 19.8 Å². The monoisotopic (exact) mass is 640 g/mol. The number of carboxylic acids is 2. The Morgan fingerprint density at radius 3 is 1.55 bits per heavy atom. The second-order valence-electron chi connectivity index (χ2n) is 11.0. The molecule has 1 aliphatic heterocycles. The summed E-state index contributed by atoms with van der Waals surface area (Å²) in [6.45, 7) is 4.51. The zero-order valence-electron chi connectivity index (χ0n) is 23.4. The Morgan fingerprint density at radius 1 is 0.775 bits per heavy atom. The van der Waals surface area contributed by atoms with Crippen molar-refractivity contribution >= 4 is 32.1 Å². The molecule has 0 amide bonds. The molecule has 2 bridgehead atoms. The zero-order chi connectivity index (χ0) is 28.9. The van der Waals surface area contributed by atoms with Gasteiger partial charge in [0.05, 0.1) is 22.5 Å². The molecule has 4 rings (SSSR count). The van der Waals surface area contributed by atoms with E-state index in [0.29, 0.717) is 48.5 Å². The summed E-state index contributed by atoms with van der Waals surface area (Å²) in [6.07, 6.45) is 12.0. The first-order valence-electron chi connectivity index (χ1n) is 14.7. The van der Waals surface area contributed by atoms with Gasteiger partial charge < -0.3 is 31.5 Å². The Balaban J connectivity index is 0.00000141. The van der Waals surface area contributed by atoms with Gasteiger partial charge in [-0.1, -0.05) is 45.4 Å². The van der Waals surface area contributed by atoms with Gasteiger partial charge in [0.2, 0.25) is 0 Å². The molecule has 0 radical (unpaired) electrons. The predicted octanol–water partition coefficient (Wildman–Crippen LogP) is 4.58. The summed E-state index contributed by atoms with van der Waals surface area (Å²) >= 11 is 0.00694. The number of aromatic carboxylic acids is 2. The van der Waals surface area contributed by atoms with Crippen LogP contribution in [0.3, 0.4) is 0 Å². The Morgan fingerprint density at radius 2 is 1.18 bits per heavy atom. The number of nitrogens with one attached hydrogen (secondary N) is 4. The SMILES string of the molecule is CCCCCc1c(C(=O)O)c2nc(c1C(=O)O)CN[C@@H]1CCCC[C@H]1NCCN[C@@H]1CCCC[C@H]1NC2.[Cl][Mn][Cl]. The van der Waals surface area contributed by atoms with E-state index in [1.165, 1.54) is 12.8 Å². The van der Waals surface area contributed by atoms with Gasteiger partial charge in [-0.2, -0.15) is 0 Å². The van der Waals surface area contributed by atoms with Crippen molar-refractivity contribution in [3.05, 3.63) is 28.1 Å². The van der Waals surface area contributed by atoms with Crippen LogP contribution < -0.4 is 21.3 Å². The van der Waals surface area contributed by atoms with Gasteiger partial charge in [0.15, 0.2) is 0 Å². The van der Waals surface area contributed by atoms with Crippen LogP contribution in [0, 0.1) is 0 Å². The molecule has 3 aliphatic rings. The molecular weight excluding hydrogens is 596 g/mol. The molecule has 227 valence electrons. The summed E-state index contributed by atoms with van der Waals surface area (Å²) in [5, 5.41) is 35.2. The molecule has 1 aromatic heterocycles. The molecule has 0 spiro atoms. The number of nitrogens with zero attached hydrogens (tertiary/aromatic N) is 1. The average molecular weight is 642 g/mol. The Bertz CT molecular complexity index is 907. The normalized spacial score (nSPS) is 25.7. The molecular formula is C28H45Cl2MnN5O4. The van der Waals surface area contributed by atoms with Gasteiger partial charge in [0.1, 0.15) is 0 Å². The quantitative estimate of drug-likeness (QED) is 0.195. The second kappa shape index (κ2) is 17.9. The maximum atomic E-state index is 12.5. The Hall–Kier alpha value is -0.971. The molecule has 9 nitrogen and oxygen atoms in total. The van der Waals surface area contributed by atoms with Gasteiger partial charge in [0, 0.05) is 50.3 Å². The number of hydrogen-bond donors (Lipinski definition) is 6. The van der Waals surface area contributed by atoms with Gasteiger partial charge >= 0.3 is 45.3 Å². The standard InChI is InChI=1S/C28H45N5O4.2ClH.Mn/c1-2-3-4-9-18-25(27(34)35)23-16-31-21-12-7-5-10-19(21)29-14-15-30-20-11-6-8-13-22(20)32-17-24(33-23)26(18)28(36)37;;;/h19-22,29-32H,2-17H2,1H3,(H,34,35)(H,36,37);2*1H;/q;;;+2/p-2/t19-,20-,21-,22-;;;/m1.../s1.